The number of methoxy groups -OCH3 is 2. The number of aryl methyl sites for hydroxylation is 1. The van der Waals surface area contributed by atoms with Crippen LogP contribution >= 0.6 is 0 Å². The Morgan fingerprint density at radius 1 is 1.03 bits per heavy atom. The number of hydrogen-bond donors (Lipinski definition) is 0. The van der Waals surface area contributed by atoms with Crippen LogP contribution in [0.1, 0.15) is 28.3 Å². The third-order valence-corrected chi connectivity index (χ3v) is 5.69. The highest BCUT2D eigenvalue weighted by atomic mass is 16.5. The number of carbonyl (C=O) groups is 2. The van der Waals surface area contributed by atoms with Gasteiger partial charge in [0.2, 0.25) is 5.78 Å². The van der Waals surface area contributed by atoms with E-state index in [1.807, 2.05) is 43.3 Å². The number of aromatic amines is 1. The van der Waals surface area contributed by atoms with Crippen LogP contribution in [0.3, 0.4) is 0 Å². The quantitative estimate of drug-likeness (QED) is 0.330. The van der Waals surface area contributed by atoms with Crippen LogP contribution in [-0.2, 0) is 16.1 Å². The molecule has 3 aromatic rings. The zero-order valence-corrected chi connectivity index (χ0v) is 18.6. The number of ketones is 1. The van der Waals surface area contributed by atoms with E-state index in [4.69, 9.17) is 9.47 Å². The van der Waals surface area contributed by atoms with Gasteiger partial charge in [0.05, 0.1) is 26.8 Å². The number of ether oxygens (including phenoxy) is 2. The fourth-order valence-electron chi connectivity index (χ4n) is 3.99. The minimum atomic E-state index is -0.800. The highest BCUT2D eigenvalue weighted by Gasteiger charge is 2.44. The molecule has 4 rings (SSSR count). The lowest BCUT2D eigenvalue weighted by Crippen LogP contribution is -2.29. The fourth-order valence-corrected chi connectivity index (χ4v) is 3.99. The number of pyridine rings is 1. The van der Waals surface area contributed by atoms with Crippen LogP contribution in [0.2, 0.25) is 0 Å². The van der Waals surface area contributed by atoms with Gasteiger partial charge in [-0.2, -0.15) is 0 Å². The second kappa shape index (κ2) is 9.16. The van der Waals surface area contributed by atoms with E-state index in [0.29, 0.717) is 17.1 Å². The molecule has 33 heavy (non-hydrogen) atoms. The van der Waals surface area contributed by atoms with E-state index >= 15 is 0 Å². The minimum absolute atomic E-state index is 0.0732. The number of benzene rings is 2. The zero-order valence-electron chi connectivity index (χ0n) is 18.6. The first-order valence-corrected chi connectivity index (χ1v) is 10.4. The first-order chi connectivity index (χ1) is 15.9. The van der Waals surface area contributed by atoms with Crippen LogP contribution in [0.4, 0.5) is 0 Å². The molecule has 1 fully saturated rings. The molecule has 2 heterocycles. The number of aromatic nitrogens is 1. The van der Waals surface area contributed by atoms with E-state index in [1.165, 1.54) is 25.2 Å². The van der Waals surface area contributed by atoms with Gasteiger partial charge in [0.15, 0.2) is 23.9 Å². The number of rotatable bonds is 6. The molecule has 1 unspecified atom stereocenters. The molecule has 1 aliphatic heterocycles. The van der Waals surface area contributed by atoms with Crippen molar-refractivity contribution in [3.63, 3.8) is 0 Å². The van der Waals surface area contributed by atoms with Gasteiger partial charge in [0, 0.05) is 17.2 Å². The van der Waals surface area contributed by atoms with E-state index in [1.54, 1.807) is 24.5 Å². The monoisotopic (exact) mass is 444 g/mol. The molecule has 7 nitrogen and oxygen atoms in total. The summed E-state index contributed by atoms with van der Waals surface area (Å²) in [7, 11) is 2.97. The number of H-pyrrole nitrogens is 1. The van der Waals surface area contributed by atoms with Crippen molar-refractivity contribution < 1.29 is 29.2 Å². The number of hydrogen-bond acceptors (Lipinski definition) is 5. The Morgan fingerprint density at radius 3 is 2.39 bits per heavy atom. The van der Waals surface area contributed by atoms with Crippen molar-refractivity contribution in [1.82, 2.24) is 4.90 Å². The second-order valence-corrected chi connectivity index (χ2v) is 7.80. The average molecular weight is 444 g/mol. The summed E-state index contributed by atoms with van der Waals surface area (Å²) in [6, 6.07) is 15.0. The number of carbonyl (C=O) groups excluding carboxylic acids is 2. The van der Waals surface area contributed by atoms with Gasteiger partial charge < -0.3 is 19.5 Å². The highest BCUT2D eigenvalue weighted by Crippen LogP contribution is 2.40. The number of nitrogens with one attached hydrogen (secondary N) is 1. The van der Waals surface area contributed by atoms with Crippen molar-refractivity contribution in [2.75, 3.05) is 14.2 Å². The van der Waals surface area contributed by atoms with Gasteiger partial charge in [-0.25, -0.2) is 4.98 Å². The number of nitrogens with zero attached hydrogens (tertiary/aromatic N) is 1. The minimum Gasteiger partial charge on any atom is -0.872 e. The van der Waals surface area contributed by atoms with Crippen LogP contribution in [0.25, 0.3) is 5.76 Å². The average Bonchev–Trinajstić information content (AvgIpc) is 3.09. The van der Waals surface area contributed by atoms with E-state index in [0.717, 1.165) is 11.1 Å². The van der Waals surface area contributed by atoms with Crippen LogP contribution in [0.15, 0.2) is 72.6 Å². The number of amides is 1. The molecular weight excluding hydrogens is 420 g/mol. The summed E-state index contributed by atoms with van der Waals surface area (Å²) in [4.78, 5) is 30.6. The molecule has 0 spiro atoms. The molecule has 0 radical (unpaired) electrons. The summed E-state index contributed by atoms with van der Waals surface area (Å²) in [5, 5.41) is 13.6. The molecule has 1 atom stereocenters. The van der Waals surface area contributed by atoms with Crippen molar-refractivity contribution in [2.24, 2.45) is 0 Å². The van der Waals surface area contributed by atoms with Gasteiger partial charge in [0.1, 0.15) is 0 Å². The van der Waals surface area contributed by atoms with Crippen molar-refractivity contribution in [1.29, 1.82) is 0 Å². The van der Waals surface area contributed by atoms with Crippen LogP contribution < -0.4 is 19.6 Å². The lowest BCUT2D eigenvalue weighted by Gasteiger charge is -2.27. The summed E-state index contributed by atoms with van der Waals surface area (Å²) in [5.74, 6) is -1.18. The maximum atomic E-state index is 13.6. The predicted molar refractivity (Wildman–Crippen MR) is 119 cm³/mol. The van der Waals surface area contributed by atoms with Crippen molar-refractivity contribution in [2.45, 2.75) is 19.5 Å². The van der Waals surface area contributed by atoms with Crippen molar-refractivity contribution >= 4 is 17.4 Å². The third-order valence-electron chi connectivity index (χ3n) is 5.69. The number of likely N-dealkylation sites (tertiary alicyclic amines) is 1. The SMILES string of the molecule is COc1ccc(C([O-])=C2C(=O)C(=O)N(Cc3ccc[nH+]c3)C2c2ccc(C)cc2)cc1OC. The molecule has 1 aliphatic rings. The maximum Gasteiger partial charge on any atom is 0.295 e. The molecule has 1 aromatic heterocycles. The first-order valence-electron chi connectivity index (χ1n) is 10.4. The van der Waals surface area contributed by atoms with Crippen LogP contribution in [0.5, 0.6) is 11.5 Å². The Kier molecular flexibility index (Phi) is 6.13. The molecule has 168 valence electrons. The molecule has 1 saturated heterocycles. The molecule has 2 aromatic carbocycles. The Morgan fingerprint density at radius 2 is 1.76 bits per heavy atom. The van der Waals surface area contributed by atoms with E-state index in [2.05, 4.69) is 4.98 Å². The molecule has 1 N–H and O–H groups in total. The first kappa shape index (κ1) is 22.1. The molecule has 0 saturated carbocycles. The summed E-state index contributed by atoms with van der Waals surface area (Å²) in [6.07, 6.45) is 3.52. The predicted octanol–water partition coefficient (Wildman–Crippen LogP) is 2.25. The Bertz CT molecular complexity index is 1220. The van der Waals surface area contributed by atoms with Gasteiger partial charge in [0.25, 0.3) is 5.91 Å². The molecule has 0 bridgehead atoms. The second-order valence-electron chi connectivity index (χ2n) is 7.80. The van der Waals surface area contributed by atoms with E-state index in [9.17, 15) is 14.7 Å². The standard InChI is InChI=1S/C26H24N2O5/c1-16-6-8-18(9-7-16)23-22(24(29)19-10-11-20(32-2)21(13-19)33-3)25(30)26(31)28(23)15-17-5-4-12-27-14-17/h4-14,23,29H,15H2,1-3H3. The topological polar surface area (TPSA) is 93.0 Å². The maximum absolute atomic E-state index is 13.6. The summed E-state index contributed by atoms with van der Waals surface area (Å²) in [6.45, 7) is 2.13. The Balaban J connectivity index is 1.86. The van der Waals surface area contributed by atoms with Crippen LogP contribution in [-0.4, -0.2) is 30.8 Å². The van der Waals surface area contributed by atoms with Gasteiger partial charge >= 0.3 is 0 Å². The molecular formula is C26H24N2O5. The van der Waals surface area contributed by atoms with Gasteiger partial charge in [-0.3, -0.25) is 9.59 Å². The smallest absolute Gasteiger partial charge is 0.295 e. The lowest BCUT2D eigenvalue weighted by atomic mass is 9.94. The Labute approximate surface area is 191 Å². The van der Waals surface area contributed by atoms with E-state index < -0.39 is 23.5 Å². The van der Waals surface area contributed by atoms with Gasteiger partial charge in [-0.1, -0.05) is 41.7 Å². The van der Waals surface area contributed by atoms with Gasteiger partial charge in [-0.05, 0) is 36.2 Å². The van der Waals surface area contributed by atoms with Gasteiger partial charge in [-0.15, -0.1) is 0 Å². The largest absolute Gasteiger partial charge is 0.872 e. The third kappa shape index (κ3) is 4.17. The number of Topliss-reactive ketones (excluding diaryl/α,β-unsaturated/α-hetero) is 1. The van der Waals surface area contributed by atoms with Crippen molar-refractivity contribution in [3.05, 3.63) is 94.8 Å². The zero-order chi connectivity index (χ0) is 23.5. The summed E-state index contributed by atoms with van der Waals surface area (Å²) < 4.78 is 10.6. The summed E-state index contributed by atoms with van der Waals surface area (Å²) in [5.41, 5.74) is 2.72. The highest BCUT2D eigenvalue weighted by molar-refractivity contribution is 6.46. The molecule has 7 heteroatoms. The fraction of sp³-hybridized carbons (Fsp3) is 0.192. The van der Waals surface area contributed by atoms with E-state index in [-0.39, 0.29) is 17.7 Å². The Hall–Kier alpha value is -4.13. The lowest BCUT2D eigenvalue weighted by molar-refractivity contribution is -0.378. The van der Waals surface area contributed by atoms with Crippen molar-refractivity contribution in [3.8, 4) is 11.5 Å². The molecule has 1 amide bonds. The van der Waals surface area contributed by atoms with Crippen LogP contribution in [0, 0.1) is 6.92 Å². The normalized spacial score (nSPS) is 17.3. The molecule has 0 aliphatic carbocycles. The summed E-state index contributed by atoms with van der Waals surface area (Å²) >= 11 is 0.